The van der Waals surface area contributed by atoms with Crippen LogP contribution in [0.25, 0.3) is 10.6 Å². The highest BCUT2D eigenvalue weighted by atomic mass is 32.1. The van der Waals surface area contributed by atoms with Crippen molar-refractivity contribution < 1.29 is 4.79 Å². The summed E-state index contributed by atoms with van der Waals surface area (Å²) >= 11 is 1.74. The minimum atomic E-state index is -0.113. The number of nitrogens with zero attached hydrogens (tertiary/aromatic N) is 1. The van der Waals surface area contributed by atoms with Crippen molar-refractivity contribution in [1.82, 2.24) is 20.9 Å². The third kappa shape index (κ3) is 5.92. The first kappa shape index (κ1) is 24.0. The Balaban J connectivity index is 1.23. The Labute approximate surface area is 211 Å². The first-order chi connectivity index (χ1) is 17.0. The van der Waals surface area contributed by atoms with E-state index in [0.717, 1.165) is 47.0 Å². The maximum absolute atomic E-state index is 13.1. The van der Waals surface area contributed by atoms with Crippen molar-refractivity contribution in [2.45, 2.75) is 64.2 Å². The Hall–Kier alpha value is -2.74. The number of aryl methyl sites for hydroxylation is 1. The van der Waals surface area contributed by atoms with Gasteiger partial charge in [0.15, 0.2) is 0 Å². The molecule has 1 aliphatic carbocycles. The number of aromatic nitrogens is 1. The number of rotatable bonds is 9. The van der Waals surface area contributed by atoms with Crippen LogP contribution in [0.15, 0.2) is 48.7 Å². The molecule has 1 aliphatic heterocycles. The standard InChI is InChI=1S/C28H35N5OS/c1-18-10-11-23(33-24-14-29-15-24)13-26(18)27(34)32-19(2)20-6-5-7-21(12-20)28-31-17-25(35-28)16-30-22-8-3-4-9-22/h5-7,10-13,17,19,22,24,29-30,33H,3-4,8-9,14-16H2,1-2H3,(H,32,34). The quantitative estimate of drug-likeness (QED) is 0.339. The Morgan fingerprint density at radius 2 is 1.97 bits per heavy atom. The third-order valence-electron chi connectivity index (χ3n) is 7.09. The van der Waals surface area contributed by atoms with Crippen LogP contribution in [0.2, 0.25) is 0 Å². The van der Waals surface area contributed by atoms with Crippen LogP contribution in [0.5, 0.6) is 0 Å². The Morgan fingerprint density at radius 1 is 1.14 bits per heavy atom. The molecular formula is C28H35N5OS. The molecule has 2 heterocycles. The minimum absolute atomic E-state index is 0.0506. The number of carbonyl (C=O) groups excluding carboxylic acids is 1. The molecule has 1 unspecified atom stereocenters. The molecule has 1 saturated heterocycles. The number of hydrogen-bond donors (Lipinski definition) is 4. The summed E-state index contributed by atoms with van der Waals surface area (Å²) in [4.78, 5) is 19.1. The largest absolute Gasteiger partial charge is 0.380 e. The molecule has 2 fully saturated rings. The molecule has 0 spiro atoms. The molecule has 1 aromatic heterocycles. The van der Waals surface area contributed by atoms with Crippen LogP contribution >= 0.6 is 11.3 Å². The van der Waals surface area contributed by atoms with E-state index in [2.05, 4.69) is 44.5 Å². The molecule has 2 aliphatic rings. The average molecular weight is 490 g/mol. The van der Waals surface area contributed by atoms with Crippen molar-refractivity contribution in [3.63, 3.8) is 0 Å². The van der Waals surface area contributed by atoms with Crippen molar-refractivity contribution in [2.24, 2.45) is 0 Å². The molecule has 5 rings (SSSR count). The maximum Gasteiger partial charge on any atom is 0.252 e. The van der Waals surface area contributed by atoms with Gasteiger partial charge in [-0.1, -0.05) is 37.1 Å². The van der Waals surface area contributed by atoms with Crippen LogP contribution in [-0.2, 0) is 6.54 Å². The van der Waals surface area contributed by atoms with E-state index in [9.17, 15) is 4.79 Å². The van der Waals surface area contributed by atoms with E-state index in [1.165, 1.54) is 30.6 Å². The lowest BCUT2D eigenvalue weighted by atomic mass is 10.0. The molecule has 1 atom stereocenters. The van der Waals surface area contributed by atoms with E-state index in [-0.39, 0.29) is 11.9 Å². The van der Waals surface area contributed by atoms with E-state index < -0.39 is 0 Å². The number of benzene rings is 2. The predicted octanol–water partition coefficient (Wildman–Crippen LogP) is 5.03. The van der Waals surface area contributed by atoms with Gasteiger partial charge in [0.2, 0.25) is 0 Å². The van der Waals surface area contributed by atoms with Gasteiger partial charge in [0.1, 0.15) is 5.01 Å². The van der Waals surface area contributed by atoms with Crippen LogP contribution < -0.4 is 21.3 Å². The van der Waals surface area contributed by atoms with Crippen LogP contribution in [0.3, 0.4) is 0 Å². The highest BCUT2D eigenvalue weighted by Gasteiger charge is 2.19. The normalized spacial score (nSPS) is 17.2. The second kappa shape index (κ2) is 10.9. The molecule has 3 aromatic rings. The topological polar surface area (TPSA) is 78.1 Å². The first-order valence-electron chi connectivity index (χ1n) is 12.7. The minimum Gasteiger partial charge on any atom is -0.380 e. The van der Waals surface area contributed by atoms with Crippen molar-refractivity contribution >= 4 is 22.9 Å². The molecule has 0 bridgehead atoms. The molecule has 6 nitrogen and oxygen atoms in total. The fourth-order valence-corrected chi connectivity index (χ4v) is 5.64. The summed E-state index contributed by atoms with van der Waals surface area (Å²) in [6, 6.07) is 15.3. The fraction of sp³-hybridized carbons (Fsp3) is 0.429. The lowest BCUT2D eigenvalue weighted by Crippen LogP contribution is -2.51. The van der Waals surface area contributed by atoms with Crippen LogP contribution in [0, 0.1) is 6.92 Å². The molecule has 0 radical (unpaired) electrons. The molecular weight excluding hydrogens is 454 g/mol. The number of hydrogen-bond acceptors (Lipinski definition) is 6. The molecule has 184 valence electrons. The molecule has 1 saturated carbocycles. The summed E-state index contributed by atoms with van der Waals surface area (Å²) in [7, 11) is 0. The van der Waals surface area contributed by atoms with Crippen molar-refractivity contribution in [3.05, 3.63) is 70.2 Å². The highest BCUT2D eigenvalue weighted by molar-refractivity contribution is 7.15. The van der Waals surface area contributed by atoms with E-state index in [4.69, 9.17) is 0 Å². The second-order valence-electron chi connectivity index (χ2n) is 9.84. The predicted molar refractivity (Wildman–Crippen MR) is 144 cm³/mol. The van der Waals surface area contributed by atoms with Crippen LogP contribution in [-0.4, -0.2) is 36.1 Å². The van der Waals surface area contributed by atoms with E-state index in [1.54, 1.807) is 11.3 Å². The van der Waals surface area contributed by atoms with Crippen molar-refractivity contribution in [2.75, 3.05) is 18.4 Å². The van der Waals surface area contributed by atoms with Gasteiger partial charge in [0, 0.05) is 53.6 Å². The SMILES string of the molecule is Cc1ccc(NC2CNC2)cc1C(=O)NC(C)c1cccc(-c2ncc(CNC3CCCC3)s2)c1. The maximum atomic E-state index is 13.1. The number of amides is 1. The third-order valence-corrected chi connectivity index (χ3v) is 8.14. The molecule has 2 aromatic carbocycles. The van der Waals surface area contributed by atoms with Gasteiger partial charge in [-0.3, -0.25) is 4.79 Å². The van der Waals surface area contributed by atoms with Gasteiger partial charge in [-0.15, -0.1) is 11.3 Å². The smallest absolute Gasteiger partial charge is 0.252 e. The monoisotopic (exact) mass is 489 g/mol. The van der Waals surface area contributed by atoms with E-state index >= 15 is 0 Å². The van der Waals surface area contributed by atoms with Gasteiger partial charge in [0.25, 0.3) is 5.91 Å². The Bertz CT molecular complexity index is 1170. The molecule has 7 heteroatoms. The van der Waals surface area contributed by atoms with Gasteiger partial charge in [0.05, 0.1) is 12.1 Å². The van der Waals surface area contributed by atoms with Gasteiger partial charge < -0.3 is 21.3 Å². The zero-order valence-corrected chi connectivity index (χ0v) is 21.4. The summed E-state index contributed by atoms with van der Waals surface area (Å²) < 4.78 is 0. The Morgan fingerprint density at radius 3 is 2.74 bits per heavy atom. The van der Waals surface area contributed by atoms with Crippen molar-refractivity contribution in [3.8, 4) is 10.6 Å². The summed E-state index contributed by atoms with van der Waals surface area (Å²) in [5.41, 5.74) is 4.84. The van der Waals surface area contributed by atoms with Crippen LogP contribution in [0.4, 0.5) is 5.69 Å². The first-order valence-corrected chi connectivity index (χ1v) is 13.5. The van der Waals surface area contributed by atoms with Gasteiger partial charge in [-0.2, -0.15) is 0 Å². The van der Waals surface area contributed by atoms with Crippen LogP contribution in [0.1, 0.15) is 65.0 Å². The zero-order chi connectivity index (χ0) is 24.2. The molecule has 4 N–H and O–H groups in total. The summed E-state index contributed by atoms with van der Waals surface area (Å²) in [6.07, 6.45) is 7.25. The van der Waals surface area contributed by atoms with Gasteiger partial charge in [-0.25, -0.2) is 4.98 Å². The van der Waals surface area contributed by atoms with Gasteiger partial charge in [-0.05, 0) is 56.0 Å². The number of carbonyl (C=O) groups is 1. The molecule has 35 heavy (non-hydrogen) atoms. The fourth-order valence-electron chi connectivity index (χ4n) is 4.78. The van der Waals surface area contributed by atoms with E-state index in [0.29, 0.717) is 17.6 Å². The highest BCUT2D eigenvalue weighted by Crippen LogP contribution is 2.28. The second-order valence-corrected chi connectivity index (χ2v) is 11.0. The summed E-state index contributed by atoms with van der Waals surface area (Å²) in [5, 5.41) is 14.6. The zero-order valence-electron chi connectivity index (χ0n) is 20.6. The summed E-state index contributed by atoms with van der Waals surface area (Å²) in [6.45, 7) is 6.82. The summed E-state index contributed by atoms with van der Waals surface area (Å²) in [5.74, 6) is -0.0506. The van der Waals surface area contributed by atoms with Gasteiger partial charge >= 0.3 is 0 Å². The average Bonchev–Trinajstić information content (AvgIpc) is 3.53. The lowest BCUT2D eigenvalue weighted by molar-refractivity contribution is 0.0939. The van der Waals surface area contributed by atoms with E-state index in [1.807, 2.05) is 44.3 Å². The number of anilines is 1. The number of nitrogens with one attached hydrogen (secondary N) is 4. The Kier molecular flexibility index (Phi) is 7.46. The lowest BCUT2D eigenvalue weighted by Gasteiger charge is -2.29. The number of thiazole rings is 1. The molecule has 1 amide bonds. The van der Waals surface area contributed by atoms with Crippen molar-refractivity contribution in [1.29, 1.82) is 0 Å².